The molecule has 0 aliphatic carbocycles. The summed E-state index contributed by atoms with van der Waals surface area (Å²) in [5.41, 5.74) is 0.834. The first-order valence-electron chi connectivity index (χ1n) is 6.94. The number of hydrogen-bond acceptors (Lipinski definition) is 5. The smallest absolute Gasteiger partial charge is 0.265 e. The lowest BCUT2D eigenvalue weighted by Crippen LogP contribution is -2.51. The summed E-state index contributed by atoms with van der Waals surface area (Å²) in [5, 5.41) is 11.3. The third kappa shape index (κ3) is 3.09. The molecule has 2 rings (SSSR count). The first-order valence-corrected chi connectivity index (χ1v) is 6.94. The minimum absolute atomic E-state index is 0.113. The molecule has 2 amide bonds. The lowest BCUT2D eigenvalue weighted by molar-refractivity contribution is -0.127. The first kappa shape index (κ1) is 16.0. The Morgan fingerprint density at radius 3 is 2.82 bits per heavy atom. The van der Waals surface area contributed by atoms with Gasteiger partial charge in [-0.15, -0.1) is 0 Å². The maximum absolute atomic E-state index is 12.1. The molecule has 1 unspecified atom stereocenters. The first-order chi connectivity index (χ1) is 10.5. The third-order valence-corrected chi connectivity index (χ3v) is 3.42. The third-order valence-electron chi connectivity index (χ3n) is 3.42. The van der Waals surface area contributed by atoms with Crippen molar-refractivity contribution in [3.8, 4) is 5.75 Å². The molecule has 0 saturated heterocycles. The van der Waals surface area contributed by atoms with E-state index < -0.39 is 6.04 Å². The van der Waals surface area contributed by atoms with Crippen LogP contribution in [-0.4, -0.2) is 48.5 Å². The predicted molar refractivity (Wildman–Crippen MR) is 79.0 cm³/mol. The van der Waals surface area contributed by atoms with Crippen LogP contribution in [0.25, 0.3) is 0 Å². The second-order valence-corrected chi connectivity index (χ2v) is 4.98. The number of carbonyl (C=O) groups excluding carboxylic acids is 3. The van der Waals surface area contributed by atoms with Crippen molar-refractivity contribution < 1.29 is 24.2 Å². The Morgan fingerprint density at radius 2 is 2.18 bits per heavy atom. The average molecular weight is 306 g/mol. The normalized spacial score (nSPS) is 14.9. The van der Waals surface area contributed by atoms with Crippen LogP contribution in [-0.2, 0) is 9.59 Å². The number of fused-ring (bicyclic) bond motifs is 1. The van der Waals surface area contributed by atoms with Crippen molar-refractivity contribution in [2.45, 2.75) is 19.9 Å². The number of aliphatic hydroxyl groups excluding tert-OH is 1. The fourth-order valence-electron chi connectivity index (χ4n) is 2.26. The van der Waals surface area contributed by atoms with Gasteiger partial charge in [0.15, 0.2) is 12.4 Å². The summed E-state index contributed by atoms with van der Waals surface area (Å²) in [4.78, 5) is 37.0. The molecule has 1 aromatic carbocycles. The zero-order valence-electron chi connectivity index (χ0n) is 12.5. The lowest BCUT2D eigenvalue weighted by Gasteiger charge is -2.33. The Bertz CT molecular complexity index is 614. The van der Waals surface area contributed by atoms with Crippen LogP contribution in [0.15, 0.2) is 18.2 Å². The highest BCUT2D eigenvalue weighted by Gasteiger charge is 2.33. The van der Waals surface area contributed by atoms with E-state index in [0.29, 0.717) is 17.0 Å². The Balaban J connectivity index is 2.35. The molecule has 0 bridgehead atoms. The van der Waals surface area contributed by atoms with Gasteiger partial charge in [0, 0.05) is 12.1 Å². The highest BCUT2D eigenvalue weighted by Crippen LogP contribution is 2.34. The molecule has 1 aliphatic rings. The van der Waals surface area contributed by atoms with Gasteiger partial charge in [0.1, 0.15) is 11.8 Å². The summed E-state index contributed by atoms with van der Waals surface area (Å²) in [6, 6.07) is 4.00. The highest BCUT2D eigenvalue weighted by molar-refractivity contribution is 6.05. The zero-order chi connectivity index (χ0) is 16.3. The van der Waals surface area contributed by atoms with Gasteiger partial charge in [-0.3, -0.25) is 19.3 Å². The Hall–Kier alpha value is -2.41. The predicted octanol–water partition coefficient (Wildman–Crippen LogP) is 0.112. The van der Waals surface area contributed by atoms with E-state index in [1.54, 1.807) is 25.1 Å². The van der Waals surface area contributed by atoms with Crippen LogP contribution in [0.1, 0.15) is 24.2 Å². The lowest BCUT2D eigenvalue weighted by atomic mass is 10.1. The van der Waals surface area contributed by atoms with Gasteiger partial charge in [-0.25, -0.2) is 0 Å². The fourth-order valence-corrected chi connectivity index (χ4v) is 2.26. The van der Waals surface area contributed by atoms with E-state index in [0.717, 1.165) is 0 Å². The number of nitrogens with zero attached hydrogens (tertiary/aromatic N) is 1. The molecule has 22 heavy (non-hydrogen) atoms. The average Bonchev–Trinajstić information content (AvgIpc) is 2.51. The molecule has 1 aromatic rings. The van der Waals surface area contributed by atoms with Gasteiger partial charge in [0.25, 0.3) is 5.91 Å². The van der Waals surface area contributed by atoms with Crippen molar-refractivity contribution in [1.82, 2.24) is 5.32 Å². The fraction of sp³-hybridized carbons (Fsp3) is 0.400. The van der Waals surface area contributed by atoms with Crippen molar-refractivity contribution in [3.63, 3.8) is 0 Å². The number of rotatable bonds is 5. The molecule has 0 spiro atoms. The number of anilines is 1. The Kier molecular flexibility index (Phi) is 4.77. The summed E-state index contributed by atoms with van der Waals surface area (Å²) in [7, 11) is 0. The number of hydrogen-bond donors (Lipinski definition) is 2. The molecule has 118 valence electrons. The van der Waals surface area contributed by atoms with Gasteiger partial charge in [0.2, 0.25) is 5.91 Å². The highest BCUT2D eigenvalue weighted by atomic mass is 16.5. The molecule has 0 aromatic heterocycles. The number of benzene rings is 1. The van der Waals surface area contributed by atoms with Gasteiger partial charge < -0.3 is 15.2 Å². The Labute approximate surface area is 127 Å². The van der Waals surface area contributed by atoms with Crippen molar-refractivity contribution >= 4 is 23.3 Å². The second-order valence-electron chi connectivity index (χ2n) is 4.98. The number of Topliss-reactive ketones (excluding diaryl/α,β-unsaturated/α-hetero) is 1. The number of ether oxygens (including phenoxy) is 1. The molecule has 1 aliphatic heterocycles. The SMILES string of the molecule is CC(=O)c1ccc2c(c1)N(C(C)C(=O)NCCO)C(=O)CO2. The van der Waals surface area contributed by atoms with Crippen LogP contribution in [0.4, 0.5) is 5.69 Å². The largest absolute Gasteiger partial charge is 0.482 e. The van der Waals surface area contributed by atoms with Crippen LogP contribution >= 0.6 is 0 Å². The topological polar surface area (TPSA) is 95.9 Å². The molecule has 2 N–H and O–H groups in total. The van der Waals surface area contributed by atoms with Crippen molar-refractivity contribution in [2.24, 2.45) is 0 Å². The second kappa shape index (κ2) is 6.57. The van der Waals surface area contributed by atoms with Crippen LogP contribution in [0.5, 0.6) is 5.75 Å². The van der Waals surface area contributed by atoms with Gasteiger partial charge >= 0.3 is 0 Å². The summed E-state index contributed by atoms with van der Waals surface area (Å²) < 4.78 is 5.34. The summed E-state index contributed by atoms with van der Waals surface area (Å²) in [6.07, 6.45) is 0. The Morgan fingerprint density at radius 1 is 1.45 bits per heavy atom. The minimum atomic E-state index is -0.774. The van der Waals surface area contributed by atoms with Gasteiger partial charge in [0.05, 0.1) is 12.3 Å². The molecule has 1 atom stereocenters. The van der Waals surface area contributed by atoms with E-state index in [-0.39, 0.29) is 37.4 Å². The molecule has 1 heterocycles. The number of ketones is 1. The minimum Gasteiger partial charge on any atom is -0.482 e. The molecule has 0 radical (unpaired) electrons. The van der Waals surface area contributed by atoms with E-state index in [1.807, 2.05) is 0 Å². The summed E-state index contributed by atoms with van der Waals surface area (Å²) in [6.45, 7) is 2.78. The molecule has 7 nitrogen and oxygen atoms in total. The molecular weight excluding hydrogens is 288 g/mol. The number of carbonyl (C=O) groups is 3. The zero-order valence-corrected chi connectivity index (χ0v) is 12.5. The van der Waals surface area contributed by atoms with Crippen LogP contribution in [0, 0.1) is 0 Å². The number of amides is 2. The molecule has 0 fully saturated rings. The standard InChI is InChI=1S/C15H18N2O5/c1-9(15(21)16-5-6-18)17-12-7-11(10(2)19)3-4-13(12)22-8-14(17)20/h3-4,7,9,18H,5-6,8H2,1-2H3,(H,16,21). The van der Waals surface area contributed by atoms with Crippen molar-refractivity contribution in [3.05, 3.63) is 23.8 Å². The maximum atomic E-state index is 12.1. The number of aliphatic hydroxyl groups is 1. The van der Waals surface area contributed by atoms with Gasteiger partial charge in [-0.2, -0.15) is 0 Å². The van der Waals surface area contributed by atoms with Crippen molar-refractivity contribution in [1.29, 1.82) is 0 Å². The van der Waals surface area contributed by atoms with Crippen LogP contribution in [0.2, 0.25) is 0 Å². The summed E-state index contributed by atoms with van der Waals surface area (Å²) in [5.74, 6) is -0.437. The quantitative estimate of drug-likeness (QED) is 0.753. The van der Waals surface area contributed by atoms with Gasteiger partial charge in [-0.1, -0.05) is 0 Å². The molecule has 0 saturated carbocycles. The summed E-state index contributed by atoms with van der Waals surface area (Å²) >= 11 is 0. The molecule has 7 heteroatoms. The van der Waals surface area contributed by atoms with Crippen LogP contribution < -0.4 is 15.0 Å². The van der Waals surface area contributed by atoms with Gasteiger partial charge in [-0.05, 0) is 32.0 Å². The van der Waals surface area contributed by atoms with Crippen LogP contribution in [0.3, 0.4) is 0 Å². The van der Waals surface area contributed by atoms with E-state index >= 15 is 0 Å². The van der Waals surface area contributed by atoms with E-state index in [4.69, 9.17) is 9.84 Å². The van der Waals surface area contributed by atoms with E-state index in [2.05, 4.69) is 5.32 Å². The monoisotopic (exact) mass is 306 g/mol. The van der Waals surface area contributed by atoms with Crippen molar-refractivity contribution in [2.75, 3.05) is 24.7 Å². The molecular formula is C15H18N2O5. The number of nitrogens with one attached hydrogen (secondary N) is 1. The van der Waals surface area contributed by atoms with E-state index in [9.17, 15) is 14.4 Å². The maximum Gasteiger partial charge on any atom is 0.265 e. The van der Waals surface area contributed by atoms with E-state index in [1.165, 1.54) is 11.8 Å².